The van der Waals surface area contributed by atoms with Gasteiger partial charge < -0.3 is 9.84 Å². The van der Waals surface area contributed by atoms with Crippen LogP contribution in [0.25, 0.3) is 0 Å². The van der Waals surface area contributed by atoms with E-state index in [1.54, 1.807) is 6.92 Å². The Morgan fingerprint density at radius 1 is 1.43 bits per heavy atom. The van der Waals surface area contributed by atoms with E-state index in [9.17, 15) is 13.2 Å². The monoisotopic (exact) mass is 313 g/mol. The highest BCUT2D eigenvalue weighted by molar-refractivity contribution is 7.89. The van der Waals surface area contributed by atoms with Gasteiger partial charge >= 0.3 is 6.09 Å². The average molecular weight is 313 g/mol. The molecule has 0 saturated carbocycles. The zero-order valence-corrected chi connectivity index (χ0v) is 12.3. The maximum Gasteiger partial charge on any atom is 0.408 e. The summed E-state index contributed by atoms with van der Waals surface area (Å²) in [6, 6.07) is 5.42. The second kappa shape index (κ2) is 5.60. The third kappa shape index (κ3) is 3.07. The van der Waals surface area contributed by atoms with Crippen LogP contribution >= 0.6 is 0 Å². The fourth-order valence-electron chi connectivity index (χ4n) is 1.80. The molecule has 0 bridgehead atoms. The highest BCUT2D eigenvalue weighted by atomic mass is 32.2. The van der Waals surface area contributed by atoms with Crippen LogP contribution in [-0.4, -0.2) is 49.9 Å². The van der Waals surface area contributed by atoms with Crippen LogP contribution in [0.3, 0.4) is 0 Å². The number of hydrogen-bond acceptors (Lipinski definition) is 5. The molecule has 1 atom stereocenters. The van der Waals surface area contributed by atoms with Crippen molar-refractivity contribution in [1.29, 1.82) is 0 Å². The average Bonchev–Trinajstić information content (AvgIpc) is 2.45. The molecule has 21 heavy (non-hydrogen) atoms. The van der Waals surface area contributed by atoms with Crippen molar-refractivity contribution in [3.63, 3.8) is 0 Å². The summed E-state index contributed by atoms with van der Waals surface area (Å²) < 4.78 is 29.0. The van der Waals surface area contributed by atoms with Crippen LogP contribution in [0.5, 0.6) is 5.75 Å². The smallest absolute Gasteiger partial charge is 0.408 e. The lowest BCUT2D eigenvalue weighted by Gasteiger charge is -2.37. The second-order valence-corrected chi connectivity index (χ2v) is 6.12. The fraction of sp³-hybridized carbons (Fsp3) is 0.333. The highest BCUT2D eigenvalue weighted by Crippen LogP contribution is 2.17. The number of hydrazone groups is 1. The molecule has 2 rings (SSSR count). The number of carboxylic acid groups (broad SMARTS) is 1. The molecule has 0 radical (unpaired) electrons. The van der Waals surface area contributed by atoms with E-state index in [2.05, 4.69) is 9.93 Å². The van der Waals surface area contributed by atoms with Gasteiger partial charge in [-0.05, 0) is 31.2 Å². The predicted octanol–water partition coefficient (Wildman–Crippen LogP) is 0.712. The summed E-state index contributed by atoms with van der Waals surface area (Å²) in [5.41, 5.74) is 0.467. The van der Waals surface area contributed by atoms with Crippen LogP contribution in [0.4, 0.5) is 4.79 Å². The van der Waals surface area contributed by atoms with Crippen molar-refractivity contribution in [3.05, 3.63) is 24.3 Å². The molecule has 1 aliphatic rings. The van der Waals surface area contributed by atoms with Crippen LogP contribution in [0.15, 0.2) is 34.3 Å². The Hall–Kier alpha value is -2.29. The minimum Gasteiger partial charge on any atom is -0.497 e. The van der Waals surface area contributed by atoms with Gasteiger partial charge in [-0.2, -0.15) is 18.4 Å². The minimum absolute atomic E-state index is 0.0507. The van der Waals surface area contributed by atoms with Crippen LogP contribution in [0.1, 0.15) is 6.92 Å². The third-order valence-corrected chi connectivity index (χ3v) is 4.43. The molecular formula is C12H15N3O5S. The van der Waals surface area contributed by atoms with Gasteiger partial charge in [0.05, 0.1) is 30.3 Å². The number of sulfonamides is 1. The molecule has 2 N–H and O–H groups in total. The molecule has 0 aromatic heterocycles. The van der Waals surface area contributed by atoms with Crippen molar-refractivity contribution < 1.29 is 23.1 Å². The minimum atomic E-state index is -3.78. The number of likely N-dealkylation sites (tertiary alicyclic amines) is 1. The molecule has 8 nitrogen and oxygen atoms in total. The maximum absolute atomic E-state index is 12.0. The molecule has 0 spiro atoms. The lowest BCUT2D eigenvalue weighted by atomic mass is 10.0. The lowest BCUT2D eigenvalue weighted by Crippen LogP contribution is -2.58. The van der Waals surface area contributed by atoms with Gasteiger partial charge in [0.15, 0.2) is 0 Å². The Morgan fingerprint density at radius 2 is 2.05 bits per heavy atom. The highest BCUT2D eigenvalue weighted by Gasteiger charge is 2.35. The zero-order chi connectivity index (χ0) is 15.6. The third-order valence-electron chi connectivity index (χ3n) is 3.21. The molecule has 1 amide bonds. The number of nitrogens with one attached hydrogen (secondary N) is 1. The van der Waals surface area contributed by atoms with Gasteiger partial charge in [0.25, 0.3) is 10.0 Å². The molecule has 1 aromatic carbocycles. The van der Waals surface area contributed by atoms with E-state index in [-0.39, 0.29) is 11.4 Å². The van der Waals surface area contributed by atoms with Crippen molar-refractivity contribution in [3.8, 4) is 5.75 Å². The van der Waals surface area contributed by atoms with Gasteiger partial charge in [-0.15, -0.1) is 0 Å². The molecule has 1 aromatic rings. The van der Waals surface area contributed by atoms with Crippen LogP contribution in [-0.2, 0) is 10.0 Å². The van der Waals surface area contributed by atoms with E-state index in [1.165, 1.54) is 31.4 Å². The molecule has 114 valence electrons. The Morgan fingerprint density at radius 3 is 2.52 bits per heavy atom. The molecular weight excluding hydrogens is 298 g/mol. The van der Waals surface area contributed by atoms with Crippen LogP contribution in [0.2, 0.25) is 0 Å². The van der Waals surface area contributed by atoms with E-state index in [4.69, 9.17) is 9.84 Å². The summed E-state index contributed by atoms with van der Waals surface area (Å²) >= 11 is 0. The van der Waals surface area contributed by atoms with E-state index in [0.29, 0.717) is 11.5 Å². The first kappa shape index (κ1) is 15.1. The van der Waals surface area contributed by atoms with E-state index < -0.39 is 22.2 Å². The van der Waals surface area contributed by atoms with E-state index >= 15 is 0 Å². The fourth-order valence-corrected chi connectivity index (χ4v) is 2.64. The van der Waals surface area contributed by atoms with Crippen LogP contribution in [0, 0.1) is 0 Å². The number of benzene rings is 1. The Kier molecular flexibility index (Phi) is 4.03. The summed E-state index contributed by atoms with van der Waals surface area (Å²) in [5.74, 6) is 0.546. The first-order valence-corrected chi connectivity index (χ1v) is 7.55. The Labute approximate surface area is 122 Å². The van der Waals surface area contributed by atoms with Gasteiger partial charge in [0, 0.05) is 0 Å². The topological polar surface area (TPSA) is 108 Å². The van der Waals surface area contributed by atoms with Gasteiger partial charge in [-0.25, -0.2) is 4.79 Å². The number of carbonyl (C=O) groups is 1. The summed E-state index contributed by atoms with van der Waals surface area (Å²) in [6.45, 7) is 1.74. The number of rotatable bonds is 4. The second-order valence-electron chi connectivity index (χ2n) is 4.46. The summed E-state index contributed by atoms with van der Waals surface area (Å²) in [7, 11) is -2.29. The number of nitrogens with zero attached hydrogens (tertiary/aromatic N) is 2. The van der Waals surface area contributed by atoms with Gasteiger partial charge in [-0.1, -0.05) is 0 Å². The molecule has 1 unspecified atom stereocenters. The first-order valence-electron chi connectivity index (χ1n) is 6.07. The zero-order valence-electron chi connectivity index (χ0n) is 11.5. The summed E-state index contributed by atoms with van der Waals surface area (Å²) in [4.78, 5) is 14.0. The van der Waals surface area contributed by atoms with Crippen molar-refractivity contribution in [2.24, 2.45) is 5.10 Å². The van der Waals surface area contributed by atoms with Gasteiger partial charge in [0.2, 0.25) is 0 Å². The molecule has 9 heteroatoms. The Balaban J connectivity index is 2.07. The molecule has 1 heterocycles. The van der Waals surface area contributed by atoms with Crippen molar-refractivity contribution in [2.75, 3.05) is 13.7 Å². The van der Waals surface area contributed by atoms with E-state index in [1.807, 2.05) is 0 Å². The molecule has 1 aliphatic heterocycles. The molecule has 1 fully saturated rings. The number of amides is 1. The summed E-state index contributed by atoms with van der Waals surface area (Å²) in [5, 5.41) is 12.6. The van der Waals surface area contributed by atoms with Gasteiger partial charge in [0.1, 0.15) is 5.75 Å². The normalized spacial score (nSPS) is 20.0. The largest absolute Gasteiger partial charge is 0.497 e. The van der Waals surface area contributed by atoms with Crippen molar-refractivity contribution >= 4 is 21.8 Å². The first-order chi connectivity index (χ1) is 9.85. The standard InChI is InChI=1S/C12H15N3O5S/c1-8-11(7-15(8)12(16)17)13-14-21(18,19)10-5-3-9(20-2)4-6-10/h3-6,8,14H,7H2,1-2H3,(H,16,17)/b13-11-. The number of ether oxygens (including phenoxy) is 1. The molecule has 1 saturated heterocycles. The van der Waals surface area contributed by atoms with E-state index in [0.717, 1.165) is 4.90 Å². The summed E-state index contributed by atoms with van der Waals surface area (Å²) in [6.07, 6.45) is -1.06. The lowest BCUT2D eigenvalue weighted by molar-refractivity contribution is 0.134. The maximum atomic E-state index is 12.0. The van der Waals surface area contributed by atoms with Crippen LogP contribution < -0.4 is 9.57 Å². The van der Waals surface area contributed by atoms with Gasteiger partial charge in [-0.3, -0.25) is 4.90 Å². The number of hydrogen-bond donors (Lipinski definition) is 2. The van der Waals surface area contributed by atoms with Crippen molar-refractivity contribution in [2.45, 2.75) is 17.9 Å². The quantitative estimate of drug-likeness (QED) is 0.796. The Bertz CT molecular complexity index is 669. The SMILES string of the molecule is COc1ccc(S(=O)(=O)N/N=C2/CN(C(=O)O)C2C)cc1. The predicted molar refractivity (Wildman–Crippen MR) is 74.9 cm³/mol. The van der Waals surface area contributed by atoms with Crippen molar-refractivity contribution in [1.82, 2.24) is 9.73 Å². The number of methoxy groups -OCH3 is 1. The molecule has 0 aliphatic carbocycles.